The Morgan fingerprint density at radius 3 is 2.50 bits per heavy atom. The van der Waals surface area contributed by atoms with E-state index in [0.717, 1.165) is 27.4 Å². The second-order valence-electron chi connectivity index (χ2n) is 3.90. The van der Waals surface area contributed by atoms with Crippen LogP contribution < -0.4 is 10.5 Å². The molecule has 84 valence electrons. The van der Waals surface area contributed by atoms with Crippen LogP contribution in [0, 0.1) is 13.8 Å². The molecule has 2 N–H and O–H groups in total. The molecule has 0 bridgehead atoms. The van der Waals surface area contributed by atoms with Crippen LogP contribution in [-0.2, 0) is 0 Å². The fourth-order valence-corrected chi connectivity index (χ4v) is 2.59. The molecule has 0 unspecified atom stereocenters. The first-order valence-electron chi connectivity index (χ1n) is 5.11. The topological polar surface area (TPSA) is 35.2 Å². The van der Waals surface area contributed by atoms with Crippen molar-refractivity contribution in [1.82, 2.24) is 0 Å². The van der Waals surface area contributed by atoms with Crippen LogP contribution in [-0.4, -0.2) is 7.11 Å². The molecule has 1 heterocycles. The quantitative estimate of drug-likeness (QED) is 0.859. The van der Waals surface area contributed by atoms with E-state index in [4.69, 9.17) is 10.5 Å². The van der Waals surface area contributed by atoms with Gasteiger partial charge in [0.15, 0.2) is 0 Å². The SMILES string of the molecule is COc1c(C)cc(C)cc1-c1csc(N)c1. The number of ether oxygens (including phenoxy) is 1. The standard InChI is InChI=1S/C13H15NOS/c1-8-4-9(2)13(15-3)11(5-8)10-6-12(14)16-7-10/h4-7H,14H2,1-3H3. The van der Waals surface area contributed by atoms with Crippen molar-refractivity contribution in [2.24, 2.45) is 0 Å². The van der Waals surface area contributed by atoms with E-state index in [1.54, 1.807) is 18.4 Å². The Bertz CT molecular complexity index is 517. The predicted octanol–water partition coefficient (Wildman–Crippen LogP) is 3.62. The molecule has 2 rings (SSSR count). The molecule has 0 fully saturated rings. The number of nitrogen functional groups attached to an aromatic ring is 1. The molecule has 0 radical (unpaired) electrons. The summed E-state index contributed by atoms with van der Waals surface area (Å²) in [6, 6.07) is 6.24. The highest BCUT2D eigenvalue weighted by atomic mass is 32.1. The molecule has 2 nitrogen and oxygen atoms in total. The summed E-state index contributed by atoms with van der Waals surface area (Å²) in [5.41, 5.74) is 10.4. The van der Waals surface area contributed by atoms with Crippen molar-refractivity contribution in [3.63, 3.8) is 0 Å². The minimum atomic E-state index is 0.830. The van der Waals surface area contributed by atoms with Crippen LogP contribution in [0.15, 0.2) is 23.6 Å². The zero-order chi connectivity index (χ0) is 11.7. The number of thiophene rings is 1. The van der Waals surface area contributed by atoms with Crippen molar-refractivity contribution in [1.29, 1.82) is 0 Å². The maximum absolute atomic E-state index is 5.76. The smallest absolute Gasteiger partial charge is 0.129 e. The van der Waals surface area contributed by atoms with Gasteiger partial charge in [0.1, 0.15) is 5.75 Å². The highest BCUT2D eigenvalue weighted by Gasteiger charge is 2.10. The molecule has 3 heteroatoms. The van der Waals surface area contributed by atoms with Crippen LogP contribution in [0.2, 0.25) is 0 Å². The van der Waals surface area contributed by atoms with Crippen molar-refractivity contribution in [2.75, 3.05) is 12.8 Å². The molecule has 0 spiro atoms. The largest absolute Gasteiger partial charge is 0.496 e. The first-order chi connectivity index (χ1) is 7.61. The van der Waals surface area contributed by atoms with Crippen LogP contribution in [0.4, 0.5) is 5.00 Å². The van der Waals surface area contributed by atoms with E-state index in [2.05, 4.69) is 31.4 Å². The maximum atomic E-state index is 5.76. The lowest BCUT2D eigenvalue weighted by atomic mass is 10.0. The van der Waals surface area contributed by atoms with Crippen molar-refractivity contribution in [3.05, 3.63) is 34.7 Å². The average Bonchev–Trinajstić information content (AvgIpc) is 2.63. The fraction of sp³-hybridized carbons (Fsp3) is 0.231. The maximum Gasteiger partial charge on any atom is 0.129 e. The van der Waals surface area contributed by atoms with E-state index in [9.17, 15) is 0 Å². The summed E-state index contributed by atoms with van der Waals surface area (Å²) in [5, 5.41) is 2.89. The zero-order valence-corrected chi connectivity index (χ0v) is 10.5. The van der Waals surface area contributed by atoms with Gasteiger partial charge in [-0.2, -0.15) is 0 Å². The van der Waals surface area contributed by atoms with E-state index < -0.39 is 0 Å². The summed E-state index contributed by atoms with van der Waals surface area (Å²) in [6.07, 6.45) is 0. The highest BCUT2D eigenvalue weighted by molar-refractivity contribution is 7.14. The fourth-order valence-electron chi connectivity index (χ4n) is 1.93. The van der Waals surface area contributed by atoms with Gasteiger partial charge in [-0.25, -0.2) is 0 Å². The molecule has 0 atom stereocenters. The Morgan fingerprint density at radius 1 is 1.19 bits per heavy atom. The van der Waals surface area contributed by atoms with E-state index in [1.807, 2.05) is 6.07 Å². The average molecular weight is 233 g/mol. The summed E-state index contributed by atoms with van der Waals surface area (Å²) in [4.78, 5) is 0. The molecule has 1 aromatic heterocycles. The van der Waals surface area contributed by atoms with Gasteiger partial charge in [0.05, 0.1) is 12.1 Å². The molecule has 0 amide bonds. The van der Waals surface area contributed by atoms with Gasteiger partial charge in [0.25, 0.3) is 0 Å². The van der Waals surface area contributed by atoms with Gasteiger partial charge in [0, 0.05) is 10.9 Å². The number of methoxy groups -OCH3 is 1. The predicted molar refractivity (Wildman–Crippen MR) is 70.2 cm³/mol. The summed E-state index contributed by atoms with van der Waals surface area (Å²) in [5.74, 6) is 0.934. The van der Waals surface area contributed by atoms with E-state index >= 15 is 0 Å². The Labute approximate surface area is 99.7 Å². The molecule has 1 aromatic carbocycles. The molecule has 0 saturated carbocycles. The summed E-state index contributed by atoms with van der Waals surface area (Å²) >= 11 is 1.55. The lowest BCUT2D eigenvalue weighted by Gasteiger charge is -2.11. The highest BCUT2D eigenvalue weighted by Crippen LogP contribution is 2.36. The van der Waals surface area contributed by atoms with Crippen LogP contribution in [0.5, 0.6) is 5.75 Å². The molecule has 0 aliphatic carbocycles. The van der Waals surface area contributed by atoms with Gasteiger partial charge in [-0.3, -0.25) is 0 Å². The Morgan fingerprint density at radius 2 is 1.94 bits per heavy atom. The third-order valence-electron chi connectivity index (χ3n) is 2.55. The molecule has 0 aliphatic rings. The van der Waals surface area contributed by atoms with Crippen LogP contribution in [0.25, 0.3) is 11.1 Å². The number of hydrogen-bond acceptors (Lipinski definition) is 3. The van der Waals surface area contributed by atoms with Gasteiger partial charge >= 0.3 is 0 Å². The van der Waals surface area contributed by atoms with Crippen molar-refractivity contribution < 1.29 is 4.74 Å². The normalized spacial score (nSPS) is 10.4. The molecule has 2 aromatic rings. The Hall–Kier alpha value is -1.48. The molecular formula is C13H15NOS. The molecule has 16 heavy (non-hydrogen) atoms. The first-order valence-corrected chi connectivity index (χ1v) is 5.99. The van der Waals surface area contributed by atoms with Gasteiger partial charge < -0.3 is 10.5 Å². The first kappa shape index (κ1) is 11.0. The number of rotatable bonds is 2. The molecule has 0 saturated heterocycles. The van der Waals surface area contributed by atoms with Crippen molar-refractivity contribution in [3.8, 4) is 16.9 Å². The summed E-state index contributed by atoms with van der Waals surface area (Å²) in [6.45, 7) is 4.15. The Balaban J connectivity index is 2.63. The minimum absolute atomic E-state index is 0.830. The number of hydrogen-bond donors (Lipinski definition) is 1. The number of nitrogens with two attached hydrogens (primary N) is 1. The lowest BCUT2D eigenvalue weighted by molar-refractivity contribution is 0.413. The van der Waals surface area contributed by atoms with Crippen LogP contribution >= 0.6 is 11.3 Å². The molecule has 0 aliphatic heterocycles. The van der Waals surface area contributed by atoms with Crippen LogP contribution in [0.1, 0.15) is 11.1 Å². The minimum Gasteiger partial charge on any atom is -0.496 e. The van der Waals surface area contributed by atoms with E-state index in [-0.39, 0.29) is 0 Å². The molecular weight excluding hydrogens is 218 g/mol. The van der Waals surface area contributed by atoms with E-state index in [1.165, 1.54) is 5.56 Å². The lowest BCUT2D eigenvalue weighted by Crippen LogP contribution is -1.92. The van der Waals surface area contributed by atoms with Crippen molar-refractivity contribution in [2.45, 2.75) is 13.8 Å². The second-order valence-corrected chi connectivity index (χ2v) is 4.84. The zero-order valence-electron chi connectivity index (χ0n) is 9.70. The summed E-state index contributed by atoms with van der Waals surface area (Å²) < 4.78 is 5.46. The second kappa shape index (κ2) is 4.18. The third-order valence-corrected chi connectivity index (χ3v) is 3.32. The third kappa shape index (κ3) is 1.91. The van der Waals surface area contributed by atoms with Gasteiger partial charge in [0.2, 0.25) is 0 Å². The van der Waals surface area contributed by atoms with Gasteiger partial charge in [-0.05, 0) is 42.7 Å². The van der Waals surface area contributed by atoms with Crippen LogP contribution in [0.3, 0.4) is 0 Å². The number of benzene rings is 1. The van der Waals surface area contributed by atoms with Gasteiger partial charge in [-0.1, -0.05) is 6.07 Å². The number of aryl methyl sites for hydroxylation is 2. The van der Waals surface area contributed by atoms with E-state index in [0.29, 0.717) is 0 Å². The summed E-state index contributed by atoms with van der Waals surface area (Å²) in [7, 11) is 1.71. The van der Waals surface area contributed by atoms with Gasteiger partial charge in [-0.15, -0.1) is 11.3 Å². The number of anilines is 1. The monoisotopic (exact) mass is 233 g/mol. The Kier molecular flexibility index (Phi) is 2.88. The van der Waals surface area contributed by atoms with Crippen molar-refractivity contribution >= 4 is 16.3 Å².